The fourth-order valence-electron chi connectivity index (χ4n) is 8.04. The second-order valence-corrected chi connectivity index (χ2v) is 13.5. The lowest BCUT2D eigenvalue weighted by Crippen LogP contribution is -2.69. The summed E-state index contributed by atoms with van der Waals surface area (Å²) in [4.78, 5) is 41.9. The number of nitrogens with zero attached hydrogens (tertiary/aromatic N) is 2. The van der Waals surface area contributed by atoms with Crippen LogP contribution in [-0.4, -0.2) is 95.6 Å². The van der Waals surface area contributed by atoms with Crippen LogP contribution in [0.2, 0.25) is 0 Å². The molecule has 5 aliphatic rings. The van der Waals surface area contributed by atoms with Gasteiger partial charge >= 0.3 is 17.9 Å². The van der Waals surface area contributed by atoms with Crippen LogP contribution in [0.5, 0.6) is 28.7 Å². The van der Waals surface area contributed by atoms with Crippen molar-refractivity contribution in [2.45, 2.75) is 75.9 Å². The van der Waals surface area contributed by atoms with Gasteiger partial charge < -0.3 is 38.6 Å². The van der Waals surface area contributed by atoms with Gasteiger partial charge in [0.1, 0.15) is 18.6 Å². The maximum Gasteiger partial charge on any atom is 0.348 e. The Kier molecular flexibility index (Phi) is 7.54. The van der Waals surface area contributed by atoms with E-state index < -0.39 is 53.6 Å². The molecule has 0 radical (unpaired) electrons. The van der Waals surface area contributed by atoms with Gasteiger partial charge in [-0.3, -0.25) is 19.4 Å². The lowest BCUT2D eigenvalue weighted by atomic mass is 9.73. The summed E-state index contributed by atoms with van der Waals surface area (Å²) in [5, 5.41) is 23.4. The number of aliphatic hydroxyl groups is 1. The molecule has 46 heavy (non-hydrogen) atoms. The zero-order chi connectivity index (χ0) is 32.8. The molecule has 1 unspecified atom stereocenters. The number of methoxy groups -OCH3 is 1. The van der Waals surface area contributed by atoms with Gasteiger partial charge in [-0.1, -0.05) is 6.07 Å². The fourth-order valence-corrected chi connectivity index (χ4v) is 9.52. The summed E-state index contributed by atoms with van der Waals surface area (Å²) in [6.45, 7) is 5.91. The fraction of sp³-hybridized carbons (Fsp3) is 0.531. The number of cyclic esters (lactones) is 1. The van der Waals surface area contributed by atoms with Crippen LogP contribution in [0.4, 0.5) is 0 Å². The summed E-state index contributed by atoms with van der Waals surface area (Å²) < 4.78 is 34.7. The molecule has 0 saturated carbocycles. The van der Waals surface area contributed by atoms with Crippen LogP contribution in [0.25, 0.3) is 0 Å². The van der Waals surface area contributed by atoms with E-state index in [1.165, 1.54) is 32.7 Å². The molecule has 5 heterocycles. The van der Waals surface area contributed by atoms with Crippen molar-refractivity contribution in [3.8, 4) is 28.7 Å². The van der Waals surface area contributed by atoms with Gasteiger partial charge in [0.15, 0.2) is 23.0 Å². The highest BCUT2D eigenvalue weighted by Gasteiger charge is 2.60. The molecule has 7 rings (SSSR count). The van der Waals surface area contributed by atoms with Crippen molar-refractivity contribution < 1.29 is 53.0 Å². The molecule has 246 valence electrons. The number of piperazine rings is 1. The number of carbonyl (C=O) groups excluding carboxylic acids is 3. The highest BCUT2D eigenvalue weighted by molar-refractivity contribution is 7.99. The van der Waals surface area contributed by atoms with Gasteiger partial charge in [-0.2, -0.15) is 0 Å². The number of phenols is 1. The van der Waals surface area contributed by atoms with Crippen LogP contribution in [-0.2, 0) is 30.3 Å². The van der Waals surface area contributed by atoms with E-state index in [2.05, 4.69) is 4.90 Å². The van der Waals surface area contributed by atoms with Gasteiger partial charge in [-0.05, 0) is 38.4 Å². The molecule has 2 aromatic rings. The number of rotatable bonds is 3. The minimum Gasteiger partial charge on any atom is -0.504 e. The van der Waals surface area contributed by atoms with Crippen molar-refractivity contribution in [1.29, 1.82) is 0 Å². The van der Waals surface area contributed by atoms with E-state index in [0.29, 0.717) is 51.7 Å². The molecule has 0 amide bonds. The Hall–Kier alpha value is -3.72. The quantitative estimate of drug-likeness (QED) is 0.368. The number of aliphatic hydroxyl groups excluding tert-OH is 1. The standard InChI is InChI=1S/C32H36N2O11S/c1-12-7-16-8-17-31(38)34-18-9-41-32(39)19(44-14(3)35)10-46-30(24(34)23(33(17)5)20(16)25(37)26(12)40-6)22-21(18)29-28(42-11-43-29)13(2)27(22)45-15(4)36/h7,17-19,23-24,30-31,37-38H,8-11H2,1-6H3/t17-,18-,19+,23+,24?,30+,31-/m0/s1. The molecule has 5 aliphatic heterocycles. The number of thioether (sulfide) groups is 1. The molecule has 0 aliphatic carbocycles. The predicted molar refractivity (Wildman–Crippen MR) is 162 cm³/mol. The normalized spacial score (nSPS) is 29.6. The largest absolute Gasteiger partial charge is 0.504 e. The molecule has 2 aromatic carbocycles. The first-order valence-electron chi connectivity index (χ1n) is 15.1. The number of ether oxygens (including phenoxy) is 6. The Morgan fingerprint density at radius 2 is 1.78 bits per heavy atom. The molecule has 14 heteroatoms. The number of hydrogen-bond acceptors (Lipinski definition) is 14. The minimum absolute atomic E-state index is 0.0105. The Labute approximate surface area is 269 Å². The lowest BCUT2D eigenvalue weighted by Gasteiger charge is -2.62. The molecule has 0 aromatic heterocycles. The number of benzene rings is 2. The van der Waals surface area contributed by atoms with E-state index in [-0.39, 0.29) is 30.9 Å². The van der Waals surface area contributed by atoms with Gasteiger partial charge in [0.25, 0.3) is 0 Å². The summed E-state index contributed by atoms with van der Waals surface area (Å²) in [5.74, 6) is -0.332. The molecule has 2 fully saturated rings. The van der Waals surface area contributed by atoms with Crippen LogP contribution >= 0.6 is 11.8 Å². The number of carbonyl (C=O) groups is 3. The monoisotopic (exact) mass is 656 g/mol. The van der Waals surface area contributed by atoms with Crippen LogP contribution in [0.15, 0.2) is 6.07 Å². The van der Waals surface area contributed by atoms with Crippen LogP contribution in [0, 0.1) is 13.8 Å². The number of aryl methyl sites for hydroxylation is 1. The molecular formula is C32H36N2O11S. The Bertz CT molecular complexity index is 1660. The zero-order valence-electron chi connectivity index (χ0n) is 26.3. The average molecular weight is 657 g/mol. The van der Waals surface area contributed by atoms with Crippen molar-refractivity contribution in [2.75, 3.05) is 33.3 Å². The Balaban J connectivity index is 1.52. The second-order valence-electron chi connectivity index (χ2n) is 12.3. The maximum atomic E-state index is 13.3. The summed E-state index contributed by atoms with van der Waals surface area (Å²) >= 11 is 1.32. The van der Waals surface area contributed by atoms with Crippen molar-refractivity contribution in [1.82, 2.24) is 9.80 Å². The van der Waals surface area contributed by atoms with Crippen LogP contribution in [0.1, 0.15) is 64.6 Å². The van der Waals surface area contributed by atoms with Gasteiger partial charge in [0, 0.05) is 47.9 Å². The first kappa shape index (κ1) is 30.9. The highest BCUT2D eigenvalue weighted by atomic mass is 32.2. The van der Waals surface area contributed by atoms with E-state index in [9.17, 15) is 24.6 Å². The van der Waals surface area contributed by atoms with Crippen LogP contribution in [0.3, 0.4) is 0 Å². The van der Waals surface area contributed by atoms with E-state index in [4.69, 9.17) is 28.4 Å². The SMILES string of the molecule is COc1c(C)cc2c(c1O)[C@@H]1C3[C@@H]4SC[C@@H](OC(C)=O)C(=O)OC[C@@H](c5c6c(c(C)c(OC(C)=O)c54)OCO6)N3[C@@H](O)[C@H](C2)N1C. The zero-order valence-corrected chi connectivity index (χ0v) is 27.1. The summed E-state index contributed by atoms with van der Waals surface area (Å²) in [6.07, 6.45) is -1.79. The Morgan fingerprint density at radius 3 is 2.48 bits per heavy atom. The average Bonchev–Trinajstić information content (AvgIpc) is 3.48. The number of esters is 3. The summed E-state index contributed by atoms with van der Waals surface area (Å²) in [7, 11) is 3.43. The molecule has 4 bridgehead atoms. The maximum absolute atomic E-state index is 13.3. The van der Waals surface area contributed by atoms with Crippen molar-refractivity contribution >= 4 is 29.7 Å². The third kappa shape index (κ3) is 4.44. The molecule has 0 spiro atoms. The predicted octanol–water partition coefficient (Wildman–Crippen LogP) is 2.59. The van der Waals surface area contributed by atoms with Gasteiger partial charge in [-0.15, -0.1) is 11.8 Å². The molecule has 2 saturated heterocycles. The molecule has 13 nitrogen and oxygen atoms in total. The number of hydrogen-bond donors (Lipinski definition) is 2. The lowest BCUT2D eigenvalue weighted by molar-refractivity contribution is -0.188. The van der Waals surface area contributed by atoms with Gasteiger partial charge in [0.2, 0.25) is 12.9 Å². The molecule has 2 N–H and O–H groups in total. The molecule has 7 atom stereocenters. The number of fused-ring (bicyclic) bond motifs is 9. The number of likely N-dealkylation sites (N-methyl/N-ethyl adjacent to an activating group) is 1. The number of phenolic OH excluding ortho intramolecular Hbond substituents is 1. The van der Waals surface area contributed by atoms with E-state index in [0.717, 1.165) is 11.1 Å². The third-order valence-corrected chi connectivity index (χ3v) is 11.1. The molecular weight excluding hydrogens is 620 g/mol. The highest BCUT2D eigenvalue weighted by Crippen LogP contribution is 2.63. The first-order chi connectivity index (χ1) is 21.9. The summed E-state index contributed by atoms with van der Waals surface area (Å²) in [6, 6.07) is -0.231. The van der Waals surface area contributed by atoms with Crippen molar-refractivity contribution in [3.63, 3.8) is 0 Å². The van der Waals surface area contributed by atoms with E-state index >= 15 is 0 Å². The minimum atomic E-state index is -1.19. The van der Waals surface area contributed by atoms with Crippen molar-refractivity contribution in [2.24, 2.45) is 0 Å². The first-order valence-corrected chi connectivity index (χ1v) is 16.2. The van der Waals surface area contributed by atoms with E-state index in [1.54, 1.807) is 6.92 Å². The number of aromatic hydroxyl groups is 1. The second kappa shape index (κ2) is 11.2. The topological polar surface area (TPSA) is 154 Å². The van der Waals surface area contributed by atoms with E-state index in [1.807, 2.05) is 24.9 Å². The Morgan fingerprint density at radius 1 is 1.04 bits per heavy atom. The third-order valence-electron chi connectivity index (χ3n) is 9.76. The van der Waals surface area contributed by atoms with Gasteiger partial charge in [-0.25, -0.2) is 4.79 Å². The van der Waals surface area contributed by atoms with Gasteiger partial charge in [0.05, 0.1) is 30.5 Å². The summed E-state index contributed by atoms with van der Waals surface area (Å²) in [5.41, 5.74) is 4.14. The smallest absolute Gasteiger partial charge is 0.348 e. The van der Waals surface area contributed by atoms with Crippen molar-refractivity contribution in [3.05, 3.63) is 39.4 Å². The van der Waals surface area contributed by atoms with Crippen LogP contribution < -0.4 is 18.9 Å².